The fourth-order valence-corrected chi connectivity index (χ4v) is 11.3. The van der Waals surface area contributed by atoms with Crippen molar-refractivity contribution < 1.29 is 24.5 Å². The molecule has 0 fully saturated rings. The van der Waals surface area contributed by atoms with Gasteiger partial charge in [-0.05, 0) is 77.0 Å². The van der Waals surface area contributed by atoms with Gasteiger partial charge in [0, 0.05) is 12.8 Å². The maximum atomic E-state index is 12.5. The molecule has 0 bridgehead atoms. The molecule has 0 aliphatic carbocycles. The predicted octanol–water partition coefficient (Wildman–Crippen LogP) is 22.9. The van der Waals surface area contributed by atoms with Crippen molar-refractivity contribution in [2.24, 2.45) is 0 Å². The largest absolute Gasteiger partial charge is 0.466 e. The molecule has 0 aromatic heterocycles. The van der Waals surface area contributed by atoms with Crippen LogP contribution in [0.5, 0.6) is 0 Å². The Morgan fingerprint density at radius 1 is 0.346 bits per heavy atom. The zero-order valence-electron chi connectivity index (χ0n) is 52.9. The third-order valence-electron chi connectivity index (χ3n) is 16.7. The molecule has 78 heavy (non-hydrogen) atoms. The van der Waals surface area contributed by atoms with Gasteiger partial charge < -0.3 is 20.3 Å². The molecule has 0 aromatic rings. The van der Waals surface area contributed by atoms with E-state index in [1.54, 1.807) is 0 Å². The molecule has 0 aliphatic heterocycles. The van der Waals surface area contributed by atoms with Crippen molar-refractivity contribution in [3.8, 4) is 0 Å². The SMILES string of the molecule is CCCCC/C=C\CCCCCCCC(=O)OCCCCCCCCCCCCCC/C=C\CCCCCCCCCCCCCCCCCCCC(=O)NC(CO)C(O)CCCCCCCCCCCCCCCCCC. The molecule has 3 N–H and O–H groups in total. The van der Waals surface area contributed by atoms with Gasteiger partial charge in [-0.2, -0.15) is 0 Å². The summed E-state index contributed by atoms with van der Waals surface area (Å²) in [5, 5.41) is 23.4. The summed E-state index contributed by atoms with van der Waals surface area (Å²) in [5.74, 6) is -0.0195. The minimum atomic E-state index is -0.662. The van der Waals surface area contributed by atoms with Gasteiger partial charge in [0.15, 0.2) is 0 Å². The Hall–Kier alpha value is -1.66. The minimum Gasteiger partial charge on any atom is -0.466 e. The van der Waals surface area contributed by atoms with Crippen LogP contribution in [-0.2, 0) is 14.3 Å². The van der Waals surface area contributed by atoms with Gasteiger partial charge >= 0.3 is 5.97 Å². The van der Waals surface area contributed by atoms with Crippen molar-refractivity contribution in [2.45, 2.75) is 411 Å². The molecule has 0 saturated carbocycles. The zero-order valence-corrected chi connectivity index (χ0v) is 52.9. The Bertz CT molecular complexity index is 1220. The Kier molecular flexibility index (Phi) is 66.4. The number of aliphatic hydroxyl groups excluding tert-OH is 2. The first-order valence-electron chi connectivity index (χ1n) is 35.6. The molecular formula is C72H139NO5. The Morgan fingerprint density at radius 3 is 0.936 bits per heavy atom. The molecule has 6 heteroatoms. The molecule has 1 amide bonds. The smallest absolute Gasteiger partial charge is 0.305 e. The molecular weight excluding hydrogens is 959 g/mol. The van der Waals surface area contributed by atoms with E-state index in [-0.39, 0.29) is 18.5 Å². The molecule has 2 unspecified atom stereocenters. The van der Waals surface area contributed by atoms with Crippen LogP contribution in [0.15, 0.2) is 24.3 Å². The normalized spacial score (nSPS) is 12.6. The van der Waals surface area contributed by atoms with Crippen LogP contribution in [0.1, 0.15) is 399 Å². The van der Waals surface area contributed by atoms with E-state index in [0.717, 1.165) is 44.9 Å². The number of hydrogen-bond acceptors (Lipinski definition) is 5. The molecule has 0 rings (SSSR count). The fourth-order valence-electron chi connectivity index (χ4n) is 11.3. The number of esters is 1. The number of allylic oxidation sites excluding steroid dienone is 4. The van der Waals surface area contributed by atoms with E-state index in [9.17, 15) is 19.8 Å². The van der Waals surface area contributed by atoms with Gasteiger partial charge in [0.1, 0.15) is 0 Å². The van der Waals surface area contributed by atoms with Crippen molar-refractivity contribution in [2.75, 3.05) is 13.2 Å². The maximum Gasteiger partial charge on any atom is 0.305 e. The number of carbonyl (C=O) groups is 2. The summed E-state index contributed by atoms with van der Waals surface area (Å²) >= 11 is 0. The summed E-state index contributed by atoms with van der Waals surface area (Å²) in [6.07, 6.45) is 85.2. The first-order valence-corrected chi connectivity index (χ1v) is 35.6. The highest BCUT2D eigenvalue weighted by atomic mass is 16.5. The molecule has 0 radical (unpaired) electrons. The van der Waals surface area contributed by atoms with E-state index in [1.165, 1.54) is 321 Å². The first kappa shape index (κ1) is 76.3. The summed E-state index contributed by atoms with van der Waals surface area (Å²) in [6.45, 7) is 4.96. The Labute approximate surface area is 488 Å². The third-order valence-corrected chi connectivity index (χ3v) is 16.7. The molecule has 0 aromatic carbocycles. The highest BCUT2D eigenvalue weighted by Crippen LogP contribution is 2.19. The van der Waals surface area contributed by atoms with Crippen molar-refractivity contribution in [1.29, 1.82) is 0 Å². The second-order valence-electron chi connectivity index (χ2n) is 24.6. The standard InChI is InChI=1S/C72H139NO5/c1-3-5-7-9-11-13-15-17-18-38-41-44-48-52-56-60-64-70(75)69(68-74)73-71(76)65-61-57-53-49-45-42-39-36-34-32-30-28-26-24-22-20-19-21-23-25-27-29-31-33-35-37-40-43-47-51-55-59-63-67-78-72(77)66-62-58-54-50-46-16-14-12-10-8-6-4-2/h12,14,23,25,69-70,74-75H,3-11,13,15-22,24,26-68H2,1-2H3,(H,73,76)/b14-12-,25-23-. The van der Waals surface area contributed by atoms with Crippen LogP contribution >= 0.6 is 0 Å². The number of aliphatic hydroxyl groups is 2. The number of amides is 1. The molecule has 462 valence electrons. The predicted molar refractivity (Wildman–Crippen MR) is 343 cm³/mol. The lowest BCUT2D eigenvalue weighted by atomic mass is 10.0. The number of hydrogen-bond donors (Lipinski definition) is 3. The lowest BCUT2D eigenvalue weighted by molar-refractivity contribution is -0.143. The van der Waals surface area contributed by atoms with Crippen molar-refractivity contribution in [1.82, 2.24) is 5.32 Å². The average molecular weight is 1100 g/mol. The van der Waals surface area contributed by atoms with E-state index in [4.69, 9.17) is 4.74 Å². The van der Waals surface area contributed by atoms with E-state index in [0.29, 0.717) is 25.9 Å². The van der Waals surface area contributed by atoms with Gasteiger partial charge in [0.2, 0.25) is 5.91 Å². The number of nitrogens with one attached hydrogen (secondary N) is 1. The van der Waals surface area contributed by atoms with Crippen LogP contribution in [0.25, 0.3) is 0 Å². The van der Waals surface area contributed by atoms with Gasteiger partial charge in [0.25, 0.3) is 0 Å². The van der Waals surface area contributed by atoms with Crippen LogP contribution in [0, 0.1) is 0 Å². The topological polar surface area (TPSA) is 95.9 Å². The Morgan fingerprint density at radius 2 is 0.603 bits per heavy atom. The first-order chi connectivity index (χ1) is 38.5. The Balaban J connectivity index is 3.34. The van der Waals surface area contributed by atoms with Crippen LogP contribution in [0.4, 0.5) is 0 Å². The average Bonchev–Trinajstić information content (AvgIpc) is 3.44. The van der Waals surface area contributed by atoms with Crippen LogP contribution < -0.4 is 5.32 Å². The van der Waals surface area contributed by atoms with E-state index >= 15 is 0 Å². The number of rotatable bonds is 67. The molecule has 0 spiro atoms. The van der Waals surface area contributed by atoms with Gasteiger partial charge in [-0.1, -0.05) is 334 Å². The van der Waals surface area contributed by atoms with Gasteiger partial charge in [-0.3, -0.25) is 9.59 Å². The van der Waals surface area contributed by atoms with Gasteiger partial charge in [-0.15, -0.1) is 0 Å². The van der Waals surface area contributed by atoms with Crippen molar-refractivity contribution >= 4 is 11.9 Å². The van der Waals surface area contributed by atoms with Crippen molar-refractivity contribution in [3.05, 3.63) is 24.3 Å². The minimum absolute atomic E-state index is 0.00906. The van der Waals surface area contributed by atoms with Crippen molar-refractivity contribution in [3.63, 3.8) is 0 Å². The summed E-state index contributed by atoms with van der Waals surface area (Å²) in [6, 6.07) is -0.539. The quantitative estimate of drug-likeness (QED) is 0.0320. The maximum absolute atomic E-state index is 12.5. The fraction of sp³-hybridized carbons (Fsp3) is 0.917. The molecule has 2 atom stereocenters. The molecule has 0 aliphatic rings. The lowest BCUT2D eigenvalue weighted by Gasteiger charge is -2.22. The van der Waals surface area contributed by atoms with E-state index in [1.807, 2.05) is 0 Å². The monoisotopic (exact) mass is 1100 g/mol. The van der Waals surface area contributed by atoms with Gasteiger partial charge in [0.05, 0.1) is 25.4 Å². The van der Waals surface area contributed by atoms with E-state index < -0.39 is 12.1 Å². The second-order valence-corrected chi connectivity index (χ2v) is 24.6. The summed E-state index contributed by atoms with van der Waals surface area (Å²) in [7, 11) is 0. The molecule has 0 saturated heterocycles. The van der Waals surface area contributed by atoms with Crippen LogP contribution in [0.2, 0.25) is 0 Å². The number of unbranched alkanes of at least 4 members (excludes halogenated alkanes) is 52. The summed E-state index contributed by atoms with van der Waals surface area (Å²) < 4.78 is 5.47. The third kappa shape index (κ3) is 63.5. The molecule has 6 nitrogen and oxygen atoms in total. The highest BCUT2D eigenvalue weighted by molar-refractivity contribution is 5.76. The van der Waals surface area contributed by atoms with Crippen LogP contribution in [0.3, 0.4) is 0 Å². The summed E-state index contributed by atoms with van der Waals surface area (Å²) in [4.78, 5) is 24.5. The molecule has 0 heterocycles. The highest BCUT2D eigenvalue weighted by Gasteiger charge is 2.20. The lowest BCUT2D eigenvalue weighted by Crippen LogP contribution is -2.45. The second kappa shape index (κ2) is 67.8. The number of carbonyl (C=O) groups excluding carboxylic acids is 2. The summed E-state index contributed by atoms with van der Waals surface area (Å²) in [5.41, 5.74) is 0. The zero-order chi connectivity index (χ0) is 56.4. The van der Waals surface area contributed by atoms with Crippen LogP contribution in [-0.4, -0.2) is 47.4 Å². The van der Waals surface area contributed by atoms with Gasteiger partial charge in [-0.25, -0.2) is 0 Å². The van der Waals surface area contributed by atoms with E-state index in [2.05, 4.69) is 43.5 Å². The number of ether oxygens (including phenoxy) is 1.